The zero-order valence-corrected chi connectivity index (χ0v) is 29.3. The van der Waals surface area contributed by atoms with Crippen molar-refractivity contribution in [2.75, 3.05) is 26.4 Å². The lowest BCUT2D eigenvalue weighted by Gasteiger charge is -2.23. The molecule has 0 N–H and O–H groups in total. The molecule has 0 radical (unpaired) electrons. The van der Waals surface area contributed by atoms with Crippen molar-refractivity contribution in [2.45, 2.75) is 65.6 Å². The molecule has 2 atom stereocenters. The first-order valence-electron chi connectivity index (χ1n) is 17.3. The number of fused-ring (bicyclic) bond motifs is 2. The maximum Gasteiger partial charge on any atom is 0.306 e. The number of ether oxygens (including phenoxy) is 6. The molecule has 262 valence electrons. The molecule has 5 rings (SSSR count). The monoisotopic (exact) mass is 678 g/mol. The van der Waals surface area contributed by atoms with E-state index >= 15 is 0 Å². The van der Waals surface area contributed by atoms with Crippen LogP contribution in [-0.4, -0.2) is 50.6 Å². The largest absolute Gasteiger partial charge is 0.490 e. The van der Waals surface area contributed by atoms with Gasteiger partial charge in [-0.1, -0.05) is 85.6 Å². The number of hydrogen-bond acceptors (Lipinski definition) is 8. The summed E-state index contributed by atoms with van der Waals surface area (Å²) in [5.41, 5.74) is 2.08. The summed E-state index contributed by atoms with van der Waals surface area (Å²) in [6.07, 6.45) is 0.686. The molecule has 0 bridgehead atoms. The Morgan fingerprint density at radius 2 is 0.880 bits per heavy atom. The Labute approximate surface area is 294 Å². The van der Waals surface area contributed by atoms with E-state index in [1.165, 1.54) is 0 Å². The molecule has 0 aliphatic rings. The second-order valence-corrected chi connectivity index (χ2v) is 12.4. The molecule has 0 aliphatic carbocycles. The van der Waals surface area contributed by atoms with E-state index in [9.17, 15) is 9.59 Å². The first kappa shape index (κ1) is 36.1. The Morgan fingerprint density at radius 1 is 0.500 bits per heavy atom. The van der Waals surface area contributed by atoms with Crippen molar-refractivity contribution in [3.8, 4) is 23.0 Å². The normalized spacial score (nSPS) is 12.2. The maximum atomic E-state index is 12.6. The van der Waals surface area contributed by atoms with Gasteiger partial charge in [-0.3, -0.25) is 9.59 Å². The minimum absolute atomic E-state index is 0.0841. The van der Waals surface area contributed by atoms with Crippen molar-refractivity contribution in [2.24, 2.45) is 0 Å². The van der Waals surface area contributed by atoms with Gasteiger partial charge in [0.2, 0.25) is 0 Å². The molecular weight excluding hydrogens is 632 g/mol. The molecule has 50 heavy (non-hydrogen) atoms. The number of carbonyl (C=O) groups is 2. The second kappa shape index (κ2) is 18.0. The first-order chi connectivity index (χ1) is 24.3. The summed E-state index contributed by atoms with van der Waals surface area (Å²) >= 11 is 0. The Hall–Kier alpha value is -5.24. The second-order valence-electron chi connectivity index (χ2n) is 12.4. The fourth-order valence-corrected chi connectivity index (χ4v) is 5.58. The number of esters is 2. The standard InChI is InChI=1S/C42H46O8/c1-5-13-39(43)49-33(25-45-31-15-9-7-10-16-31)27-47-41-35-21-19-30(4)24-38(35)42(36-22-20-29(3)23-37(36)41)48-28-34(50-40(44)14-6-2)26-46-32-17-11-8-12-18-32/h7-12,15-24,33-34H,5-6,13-14,25-28H2,1-4H3. The minimum Gasteiger partial charge on any atom is -0.490 e. The van der Waals surface area contributed by atoms with Crippen LogP contribution in [0.5, 0.6) is 23.0 Å². The first-order valence-corrected chi connectivity index (χ1v) is 17.3. The molecular formula is C42H46O8. The number of hydrogen-bond donors (Lipinski definition) is 0. The third kappa shape index (κ3) is 9.91. The minimum atomic E-state index is -0.645. The van der Waals surface area contributed by atoms with E-state index in [-0.39, 0.29) is 38.4 Å². The van der Waals surface area contributed by atoms with Crippen molar-refractivity contribution in [1.29, 1.82) is 0 Å². The van der Waals surface area contributed by atoms with E-state index in [1.54, 1.807) is 0 Å². The molecule has 0 aliphatic heterocycles. The number of rotatable bonds is 18. The van der Waals surface area contributed by atoms with Gasteiger partial charge in [0, 0.05) is 34.4 Å². The summed E-state index contributed by atoms with van der Waals surface area (Å²) < 4.78 is 36.8. The molecule has 0 saturated carbocycles. The van der Waals surface area contributed by atoms with Crippen molar-refractivity contribution in [1.82, 2.24) is 0 Å². The molecule has 5 aromatic carbocycles. The highest BCUT2D eigenvalue weighted by Crippen LogP contribution is 2.43. The average Bonchev–Trinajstić information content (AvgIpc) is 3.11. The Bertz CT molecular complexity index is 1720. The van der Waals surface area contributed by atoms with Crippen LogP contribution < -0.4 is 18.9 Å². The van der Waals surface area contributed by atoms with Gasteiger partial charge in [0.25, 0.3) is 0 Å². The molecule has 8 heteroatoms. The number of para-hydroxylation sites is 2. The predicted molar refractivity (Wildman–Crippen MR) is 195 cm³/mol. The highest BCUT2D eigenvalue weighted by Gasteiger charge is 2.23. The van der Waals surface area contributed by atoms with Crippen LogP contribution in [0, 0.1) is 13.8 Å². The quantitative estimate of drug-likeness (QED) is 0.0671. The van der Waals surface area contributed by atoms with Gasteiger partial charge in [0.15, 0.2) is 12.2 Å². The van der Waals surface area contributed by atoms with Crippen molar-refractivity contribution < 1.29 is 38.0 Å². The highest BCUT2D eigenvalue weighted by atomic mass is 16.6. The summed E-state index contributed by atoms with van der Waals surface area (Å²) in [6, 6.07) is 31.1. The van der Waals surface area contributed by atoms with Crippen LogP contribution in [0.4, 0.5) is 0 Å². The third-order valence-electron chi connectivity index (χ3n) is 8.02. The molecule has 0 aromatic heterocycles. The molecule has 0 heterocycles. The van der Waals surface area contributed by atoms with Gasteiger partial charge >= 0.3 is 11.9 Å². The van der Waals surface area contributed by atoms with Crippen molar-refractivity contribution in [3.63, 3.8) is 0 Å². The highest BCUT2D eigenvalue weighted by molar-refractivity contribution is 6.11. The van der Waals surface area contributed by atoms with Crippen LogP contribution >= 0.6 is 0 Å². The SMILES string of the molecule is CCCC(=O)OC(COc1ccccc1)COc1c2ccc(C)cc2c(OCC(COc2ccccc2)OC(=O)CCC)c2ccc(C)cc12. The third-order valence-corrected chi connectivity index (χ3v) is 8.02. The summed E-state index contributed by atoms with van der Waals surface area (Å²) in [5.74, 6) is 2.07. The van der Waals surface area contributed by atoms with Crippen molar-refractivity contribution >= 4 is 33.5 Å². The average molecular weight is 679 g/mol. The Kier molecular flexibility index (Phi) is 12.9. The van der Waals surface area contributed by atoms with Crippen LogP contribution in [0.2, 0.25) is 0 Å². The van der Waals surface area contributed by atoms with Crippen LogP contribution in [-0.2, 0) is 19.1 Å². The lowest BCUT2D eigenvalue weighted by atomic mass is 9.97. The molecule has 2 unspecified atom stereocenters. The maximum absolute atomic E-state index is 12.6. The summed E-state index contributed by atoms with van der Waals surface area (Å²) in [6.45, 7) is 8.37. The number of benzene rings is 5. The van der Waals surface area contributed by atoms with Crippen LogP contribution in [0.3, 0.4) is 0 Å². The zero-order valence-electron chi connectivity index (χ0n) is 29.3. The van der Waals surface area contributed by atoms with Gasteiger partial charge < -0.3 is 28.4 Å². The van der Waals surface area contributed by atoms with Crippen molar-refractivity contribution in [3.05, 3.63) is 108 Å². The van der Waals surface area contributed by atoms with Gasteiger partial charge in [0.05, 0.1) is 0 Å². The van der Waals surface area contributed by atoms with E-state index < -0.39 is 12.2 Å². The van der Waals surface area contributed by atoms with Crippen LogP contribution in [0.25, 0.3) is 21.5 Å². The van der Waals surface area contributed by atoms with E-state index in [0.717, 1.165) is 32.7 Å². The van der Waals surface area contributed by atoms with E-state index in [1.807, 2.05) is 113 Å². The molecule has 0 saturated heterocycles. The lowest BCUT2D eigenvalue weighted by molar-refractivity contribution is -0.153. The molecule has 0 amide bonds. The number of carbonyl (C=O) groups excluding carboxylic acids is 2. The summed E-state index contributed by atoms with van der Waals surface area (Å²) in [7, 11) is 0. The fourth-order valence-electron chi connectivity index (χ4n) is 5.58. The molecule has 0 spiro atoms. The fraction of sp³-hybridized carbons (Fsp3) is 0.333. The molecule has 5 aromatic rings. The van der Waals surface area contributed by atoms with Gasteiger partial charge in [-0.15, -0.1) is 0 Å². The van der Waals surface area contributed by atoms with E-state index in [2.05, 4.69) is 12.1 Å². The Balaban J connectivity index is 1.46. The van der Waals surface area contributed by atoms with Crippen LogP contribution in [0.1, 0.15) is 50.7 Å². The van der Waals surface area contributed by atoms with E-state index in [4.69, 9.17) is 28.4 Å². The van der Waals surface area contributed by atoms with Gasteiger partial charge in [0.1, 0.15) is 49.4 Å². The lowest BCUT2D eigenvalue weighted by Crippen LogP contribution is -2.31. The topological polar surface area (TPSA) is 89.5 Å². The van der Waals surface area contributed by atoms with Crippen LogP contribution in [0.15, 0.2) is 97.1 Å². The molecule has 0 fully saturated rings. The smallest absolute Gasteiger partial charge is 0.306 e. The zero-order chi connectivity index (χ0) is 35.3. The summed E-state index contributed by atoms with van der Waals surface area (Å²) in [4.78, 5) is 25.2. The number of aryl methyl sites for hydroxylation is 2. The van der Waals surface area contributed by atoms with E-state index in [0.29, 0.717) is 48.7 Å². The van der Waals surface area contributed by atoms with Gasteiger partial charge in [-0.05, 0) is 63.1 Å². The summed E-state index contributed by atoms with van der Waals surface area (Å²) in [5, 5.41) is 3.37. The molecule has 8 nitrogen and oxygen atoms in total. The van der Waals surface area contributed by atoms with Gasteiger partial charge in [-0.25, -0.2) is 0 Å². The Morgan fingerprint density at radius 3 is 1.26 bits per heavy atom. The van der Waals surface area contributed by atoms with Gasteiger partial charge in [-0.2, -0.15) is 0 Å². The predicted octanol–water partition coefficient (Wildman–Crippen LogP) is 8.95.